The molecule has 7 nitrogen and oxygen atoms in total. The summed E-state index contributed by atoms with van der Waals surface area (Å²) < 4.78 is 6.54. The van der Waals surface area contributed by atoms with Crippen LogP contribution in [0.1, 0.15) is 10.4 Å². The summed E-state index contributed by atoms with van der Waals surface area (Å²) in [5, 5.41) is 13.9. The van der Waals surface area contributed by atoms with Gasteiger partial charge in [0, 0.05) is 9.26 Å². The van der Waals surface area contributed by atoms with E-state index in [9.17, 15) is 9.59 Å². The number of thioether (sulfide) groups is 1. The third-order valence-corrected chi connectivity index (χ3v) is 6.36. The van der Waals surface area contributed by atoms with Crippen molar-refractivity contribution in [3.8, 4) is 5.75 Å². The number of halogens is 1. The van der Waals surface area contributed by atoms with Crippen LogP contribution in [0.5, 0.6) is 5.75 Å². The van der Waals surface area contributed by atoms with Crippen molar-refractivity contribution >= 4 is 68.3 Å². The largest absolute Gasteiger partial charge is 0.497 e. The molecule has 1 aromatic heterocycles. The van der Waals surface area contributed by atoms with Crippen LogP contribution >= 0.6 is 45.7 Å². The number of amides is 2. The van der Waals surface area contributed by atoms with E-state index in [0.29, 0.717) is 20.7 Å². The third kappa shape index (κ3) is 5.66. The predicted molar refractivity (Wildman–Crippen MR) is 119 cm³/mol. The van der Waals surface area contributed by atoms with Crippen molar-refractivity contribution in [1.29, 1.82) is 0 Å². The average Bonchev–Trinajstić information content (AvgIpc) is 3.14. The first kappa shape index (κ1) is 20.6. The first-order valence-corrected chi connectivity index (χ1v) is 10.9. The number of carbonyl (C=O) groups is 2. The van der Waals surface area contributed by atoms with E-state index in [0.717, 1.165) is 9.32 Å². The molecule has 0 bridgehead atoms. The highest BCUT2D eigenvalue weighted by Crippen LogP contribution is 2.26. The fourth-order valence-electron chi connectivity index (χ4n) is 2.13. The van der Waals surface area contributed by atoms with Crippen LogP contribution in [-0.2, 0) is 4.79 Å². The zero-order valence-electron chi connectivity index (χ0n) is 14.6. The maximum absolute atomic E-state index is 12.3. The summed E-state index contributed by atoms with van der Waals surface area (Å²) in [6.07, 6.45) is 0. The number of carbonyl (C=O) groups excluding carboxylic acids is 2. The lowest BCUT2D eigenvalue weighted by atomic mass is 10.2. The van der Waals surface area contributed by atoms with Crippen molar-refractivity contribution in [2.24, 2.45) is 0 Å². The van der Waals surface area contributed by atoms with Crippen LogP contribution in [0, 0.1) is 3.57 Å². The Hall–Kier alpha value is -2.18. The number of aromatic nitrogens is 2. The quantitative estimate of drug-likeness (QED) is 0.273. The number of hydrogen-bond donors (Lipinski definition) is 2. The molecule has 0 saturated carbocycles. The number of methoxy groups -OCH3 is 1. The highest BCUT2D eigenvalue weighted by molar-refractivity contribution is 14.1. The molecule has 0 fully saturated rings. The van der Waals surface area contributed by atoms with Gasteiger partial charge in [0.05, 0.1) is 18.4 Å². The number of anilines is 2. The second-order valence-corrected chi connectivity index (χ2v) is 8.73. The van der Waals surface area contributed by atoms with Gasteiger partial charge in [0.15, 0.2) is 4.34 Å². The molecular weight excluding hydrogens is 511 g/mol. The molecule has 2 amide bonds. The van der Waals surface area contributed by atoms with Gasteiger partial charge < -0.3 is 10.1 Å². The molecular formula is C18H15IN4O3S2. The molecule has 0 aliphatic heterocycles. The minimum absolute atomic E-state index is 0.158. The van der Waals surface area contributed by atoms with Crippen molar-refractivity contribution in [1.82, 2.24) is 10.2 Å². The Morgan fingerprint density at radius 3 is 2.57 bits per heavy atom. The van der Waals surface area contributed by atoms with Crippen molar-refractivity contribution in [2.75, 3.05) is 23.5 Å². The Morgan fingerprint density at radius 2 is 1.86 bits per heavy atom. The SMILES string of the molecule is COc1ccc(NC(=O)CSc2nnc(NC(=O)c3ccccc3I)s2)cc1. The molecule has 3 aromatic rings. The Morgan fingerprint density at radius 1 is 1.11 bits per heavy atom. The smallest absolute Gasteiger partial charge is 0.258 e. The summed E-state index contributed by atoms with van der Waals surface area (Å²) >= 11 is 4.59. The van der Waals surface area contributed by atoms with Crippen LogP contribution < -0.4 is 15.4 Å². The highest BCUT2D eigenvalue weighted by Gasteiger charge is 2.13. The predicted octanol–water partition coefficient (Wildman–Crippen LogP) is 4.13. The molecule has 2 N–H and O–H groups in total. The summed E-state index contributed by atoms with van der Waals surface area (Å²) in [6, 6.07) is 14.4. The minimum atomic E-state index is -0.241. The first-order valence-electron chi connectivity index (χ1n) is 8.01. The van der Waals surface area contributed by atoms with Gasteiger partial charge in [-0.3, -0.25) is 14.9 Å². The Kier molecular flexibility index (Phi) is 7.23. The van der Waals surface area contributed by atoms with Crippen molar-refractivity contribution in [3.05, 3.63) is 57.7 Å². The van der Waals surface area contributed by atoms with E-state index in [2.05, 4.69) is 43.4 Å². The Labute approximate surface area is 183 Å². The second-order valence-electron chi connectivity index (χ2n) is 5.37. The summed E-state index contributed by atoms with van der Waals surface area (Å²) in [5.41, 5.74) is 1.26. The molecule has 0 atom stereocenters. The third-order valence-electron chi connectivity index (χ3n) is 3.45. The van der Waals surface area contributed by atoms with Gasteiger partial charge in [-0.1, -0.05) is 35.2 Å². The van der Waals surface area contributed by atoms with Gasteiger partial charge in [0.25, 0.3) is 5.91 Å². The summed E-state index contributed by atoms with van der Waals surface area (Å²) in [7, 11) is 1.59. The normalized spacial score (nSPS) is 10.4. The van der Waals surface area contributed by atoms with Crippen LogP contribution in [0.25, 0.3) is 0 Å². The molecule has 144 valence electrons. The van der Waals surface area contributed by atoms with Gasteiger partial charge >= 0.3 is 0 Å². The van der Waals surface area contributed by atoms with Crippen LogP contribution in [0.4, 0.5) is 10.8 Å². The molecule has 1 heterocycles. The Balaban J connectivity index is 1.50. The standard InChI is InChI=1S/C18H15IN4O3S2/c1-26-12-8-6-11(7-9-12)20-15(24)10-27-18-23-22-17(28-18)21-16(25)13-4-2-3-5-14(13)19/h2-9H,10H2,1H3,(H,20,24)(H,21,22,25). The topological polar surface area (TPSA) is 93.2 Å². The molecule has 0 aliphatic carbocycles. The molecule has 0 spiro atoms. The second kappa shape index (κ2) is 9.85. The van der Waals surface area contributed by atoms with Crippen molar-refractivity contribution < 1.29 is 14.3 Å². The molecule has 0 unspecified atom stereocenters. The average molecular weight is 526 g/mol. The van der Waals surface area contributed by atoms with E-state index in [1.54, 1.807) is 43.5 Å². The highest BCUT2D eigenvalue weighted by atomic mass is 127. The molecule has 0 aliphatic rings. The van der Waals surface area contributed by atoms with Gasteiger partial charge in [-0.05, 0) is 59.0 Å². The van der Waals surface area contributed by atoms with Crippen LogP contribution in [0.15, 0.2) is 52.9 Å². The van der Waals surface area contributed by atoms with E-state index in [1.165, 1.54) is 23.1 Å². The Bertz CT molecular complexity index is 979. The lowest BCUT2D eigenvalue weighted by Crippen LogP contribution is -2.13. The molecule has 28 heavy (non-hydrogen) atoms. The maximum atomic E-state index is 12.3. The zero-order valence-corrected chi connectivity index (χ0v) is 18.4. The van der Waals surface area contributed by atoms with E-state index in [-0.39, 0.29) is 17.6 Å². The van der Waals surface area contributed by atoms with E-state index < -0.39 is 0 Å². The van der Waals surface area contributed by atoms with Gasteiger partial charge in [0.1, 0.15) is 5.75 Å². The van der Waals surface area contributed by atoms with E-state index >= 15 is 0 Å². The van der Waals surface area contributed by atoms with Crippen LogP contribution in [-0.4, -0.2) is 34.9 Å². The van der Waals surface area contributed by atoms with Gasteiger partial charge in [0.2, 0.25) is 11.0 Å². The van der Waals surface area contributed by atoms with E-state index in [4.69, 9.17) is 4.74 Å². The fraction of sp³-hybridized carbons (Fsp3) is 0.111. The van der Waals surface area contributed by atoms with Crippen LogP contribution in [0.2, 0.25) is 0 Å². The molecule has 10 heteroatoms. The monoisotopic (exact) mass is 526 g/mol. The maximum Gasteiger partial charge on any atom is 0.258 e. The van der Waals surface area contributed by atoms with Gasteiger partial charge in [-0.25, -0.2) is 0 Å². The number of hydrogen-bond acceptors (Lipinski definition) is 7. The summed E-state index contributed by atoms with van der Waals surface area (Å²) in [5.74, 6) is 0.510. The van der Waals surface area contributed by atoms with Crippen molar-refractivity contribution in [3.63, 3.8) is 0 Å². The summed E-state index contributed by atoms with van der Waals surface area (Å²) in [6.45, 7) is 0. The van der Waals surface area contributed by atoms with Gasteiger partial charge in [-0.15, -0.1) is 10.2 Å². The number of rotatable bonds is 7. The van der Waals surface area contributed by atoms with Gasteiger partial charge in [-0.2, -0.15) is 0 Å². The molecule has 2 aromatic carbocycles. The first-order chi connectivity index (χ1) is 13.5. The number of ether oxygens (including phenoxy) is 1. The van der Waals surface area contributed by atoms with Crippen LogP contribution in [0.3, 0.4) is 0 Å². The lowest BCUT2D eigenvalue weighted by Gasteiger charge is -2.05. The van der Waals surface area contributed by atoms with E-state index in [1.807, 2.05) is 12.1 Å². The zero-order chi connectivity index (χ0) is 19.9. The molecule has 0 saturated heterocycles. The van der Waals surface area contributed by atoms with Crippen molar-refractivity contribution in [2.45, 2.75) is 4.34 Å². The molecule has 3 rings (SSSR count). The molecule has 0 radical (unpaired) electrons. The number of benzene rings is 2. The number of nitrogens with zero attached hydrogens (tertiary/aromatic N) is 2. The summed E-state index contributed by atoms with van der Waals surface area (Å²) in [4.78, 5) is 24.4. The lowest BCUT2D eigenvalue weighted by molar-refractivity contribution is -0.113. The fourth-order valence-corrected chi connectivity index (χ4v) is 4.31. The number of nitrogens with one attached hydrogen (secondary N) is 2. The minimum Gasteiger partial charge on any atom is -0.497 e.